The summed E-state index contributed by atoms with van der Waals surface area (Å²) < 4.78 is 0. The average molecular weight is 375 g/mol. The number of amides is 1. The van der Waals surface area contributed by atoms with E-state index in [0.717, 1.165) is 30.5 Å². The zero-order chi connectivity index (χ0) is 18.5. The molecule has 1 spiro atoms. The van der Waals surface area contributed by atoms with E-state index in [1.807, 2.05) is 0 Å². The van der Waals surface area contributed by atoms with Crippen molar-refractivity contribution in [2.24, 2.45) is 0 Å². The maximum atomic E-state index is 12.9. The Morgan fingerprint density at radius 1 is 1.31 bits per heavy atom. The fraction of sp³-hybridized carbons (Fsp3) is 0.444. The van der Waals surface area contributed by atoms with Gasteiger partial charge in [-0.05, 0) is 38.7 Å². The van der Waals surface area contributed by atoms with Crippen LogP contribution in [0.25, 0.3) is 0 Å². The van der Waals surface area contributed by atoms with Crippen molar-refractivity contribution in [1.82, 2.24) is 19.9 Å². The number of rotatable bonds is 1. The molecule has 4 rings (SSSR count). The van der Waals surface area contributed by atoms with Crippen molar-refractivity contribution in [3.8, 4) is 0 Å². The first kappa shape index (κ1) is 17.0. The number of nitrogens with zero attached hydrogens (tertiary/aromatic N) is 2. The predicted molar refractivity (Wildman–Crippen MR) is 96.8 cm³/mol. The van der Waals surface area contributed by atoms with E-state index in [1.54, 1.807) is 11.8 Å². The van der Waals surface area contributed by atoms with Crippen molar-refractivity contribution in [3.05, 3.63) is 60.6 Å². The van der Waals surface area contributed by atoms with Crippen LogP contribution in [0.15, 0.2) is 21.9 Å². The van der Waals surface area contributed by atoms with Crippen molar-refractivity contribution in [2.75, 3.05) is 13.1 Å². The highest BCUT2D eigenvalue weighted by Gasteiger charge is 2.45. The van der Waals surface area contributed by atoms with Crippen LogP contribution in [0, 0.1) is 6.92 Å². The van der Waals surface area contributed by atoms with Crippen LogP contribution in [0.1, 0.15) is 46.7 Å². The van der Waals surface area contributed by atoms with Gasteiger partial charge >= 0.3 is 0 Å². The van der Waals surface area contributed by atoms with E-state index in [-0.39, 0.29) is 21.9 Å². The van der Waals surface area contributed by atoms with Crippen LogP contribution < -0.4 is 11.1 Å². The minimum atomic E-state index is -0.415. The Kier molecular flexibility index (Phi) is 3.99. The van der Waals surface area contributed by atoms with Gasteiger partial charge in [0.15, 0.2) is 0 Å². The molecule has 1 fully saturated rings. The Balaban J connectivity index is 1.67. The Morgan fingerprint density at radius 3 is 2.88 bits per heavy atom. The van der Waals surface area contributed by atoms with E-state index < -0.39 is 5.56 Å². The summed E-state index contributed by atoms with van der Waals surface area (Å²) in [6, 6.07) is 1.40. The zero-order valence-electron chi connectivity index (χ0n) is 14.4. The van der Waals surface area contributed by atoms with E-state index in [1.165, 1.54) is 12.3 Å². The van der Waals surface area contributed by atoms with Crippen LogP contribution in [0.3, 0.4) is 0 Å². The molecule has 2 N–H and O–H groups in total. The summed E-state index contributed by atoms with van der Waals surface area (Å²) in [6.07, 6.45) is 4.65. The molecule has 1 saturated heterocycles. The number of likely N-dealkylation sites (tertiary alicyclic amines) is 1. The molecule has 136 valence electrons. The van der Waals surface area contributed by atoms with E-state index in [9.17, 15) is 14.4 Å². The lowest BCUT2D eigenvalue weighted by Crippen LogP contribution is -2.48. The van der Waals surface area contributed by atoms with Gasteiger partial charge in [0.25, 0.3) is 17.0 Å². The zero-order valence-corrected chi connectivity index (χ0v) is 15.2. The highest BCUT2D eigenvalue weighted by molar-refractivity contribution is 6.30. The molecule has 2 aromatic heterocycles. The van der Waals surface area contributed by atoms with Gasteiger partial charge in [-0.15, -0.1) is 0 Å². The van der Waals surface area contributed by atoms with E-state index in [2.05, 4.69) is 15.0 Å². The minimum absolute atomic E-state index is 0.00221. The topological polar surface area (TPSA) is 98.9 Å². The molecular weight excluding hydrogens is 356 g/mol. The van der Waals surface area contributed by atoms with Crippen LogP contribution in [0.2, 0.25) is 5.02 Å². The molecule has 1 aliphatic heterocycles. The second-order valence-electron chi connectivity index (χ2n) is 7.15. The maximum Gasteiger partial charge on any atom is 0.266 e. The van der Waals surface area contributed by atoms with Gasteiger partial charge in [0, 0.05) is 30.3 Å². The van der Waals surface area contributed by atoms with E-state index >= 15 is 0 Å². The first-order valence-electron chi connectivity index (χ1n) is 8.67. The van der Waals surface area contributed by atoms with E-state index in [4.69, 9.17) is 11.6 Å². The Bertz CT molecular complexity index is 1010. The number of aromatic amines is 2. The number of nitrogens with one attached hydrogen (secondary N) is 2. The Morgan fingerprint density at radius 2 is 2.12 bits per heavy atom. The van der Waals surface area contributed by atoms with Crippen molar-refractivity contribution >= 4 is 17.5 Å². The van der Waals surface area contributed by atoms with E-state index in [0.29, 0.717) is 30.9 Å². The Labute approximate surface area is 154 Å². The Hall–Kier alpha value is -2.41. The number of aryl methyl sites for hydroxylation is 1. The van der Waals surface area contributed by atoms with Gasteiger partial charge in [0.2, 0.25) is 0 Å². The third-order valence-corrected chi connectivity index (χ3v) is 5.74. The quantitative estimate of drug-likeness (QED) is 0.790. The van der Waals surface area contributed by atoms with Crippen molar-refractivity contribution < 1.29 is 4.79 Å². The maximum absolute atomic E-state index is 12.9. The monoisotopic (exact) mass is 374 g/mol. The number of H-pyrrole nitrogens is 2. The third kappa shape index (κ3) is 2.67. The van der Waals surface area contributed by atoms with Gasteiger partial charge in [-0.2, -0.15) is 0 Å². The average Bonchev–Trinajstić information content (AvgIpc) is 2.95. The van der Waals surface area contributed by atoms with Crippen LogP contribution in [-0.2, 0) is 11.8 Å². The summed E-state index contributed by atoms with van der Waals surface area (Å²) in [5.74, 6) is 0.433. The predicted octanol–water partition coefficient (Wildman–Crippen LogP) is 1.54. The molecule has 1 unspecified atom stereocenters. The SMILES string of the molecule is Cc1nc2c(c(=O)[nH]1)CCC21CCCN(C(=O)c2c[nH]c(=O)c(Cl)c2)C1. The van der Waals surface area contributed by atoms with Gasteiger partial charge in [-0.3, -0.25) is 14.4 Å². The minimum Gasteiger partial charge on any atom is -0.338 e. The normalized spacial score (nSPS) is 21.8. The van der Waals surface area contributed by atoms with Crippen LogP contribution >= 0.6 is 11.6 Å². The summed E-state index contributed by atoms with van der Waals surface area (Å²) in [5.41, 5.74) is 1.20. The summed E-state index contributed by atoms with van der Waals surface area (Å²) in [4.78, 5) is 48.2. The second-order valence-corrected chi connectivity index (χ2v) is 7.56. The van der Waals surface area contributed by atoms with Crippen LogP contribution in [0.5, 0.6) is 0 Å². The number of halogens is 1. The van der Waals surface area contributed by atoms with Crippen molar-refractivity contribution in [3.63, 3.8) is 0 Å². The van der Waals surface area contributed by atoms with Gasteiger partial charge in [0.05, 0.1) is 11.3 Å². The number of hydrogen-bond donors (Lipinski definition) is 2. The highest BCUT2D eigenvalue weighted by atomic mass is 35.5. The molecule has 1 aliphatic carbocycles. The molecule has 3 heterocycles. The lowest BCUT2D eigenvalue weighted by molar-refractivity contribution is 0.0633. The molecule has 0 bridgehead atoms. The molecule has 0 aromatic carbocycles. The van der Waals surface area contributed by atoms with Gasteiger partial charge in [-0.25, -0.2) is 4.98 Å². The number of piperidine rings is 1. The fourth-order valence-corrected chi connectivity index (χ4v) is 4.40. The van der Waals surface area contributed by atoms with Gasteiger partial charge in [-0.1, -0.05) is 11.6 Å². The van der Waals surface area contributed by atoms with Crippen LogP contribution in [-0.4, -0.2) is 38.8 Å². The number of pyridine rings is 1. The summed E-state index contributed by atoms with van der Waals surface area (Å²) in [6.45, 7) is 2.93. The lowest BCUT2D eigenvalue weighted by atomic mass is 9.77. The number of fused-ring (bicyclic) bond motifs is 2. The first-order chi connectivity index (χ1) is 12.4. The fourth-order valence-electron chi connectivity index (χ4n) is 4.23. The van der Waals surface area contributed by atoms with Gasteiger partial charge in [0.1, 0.15) is 10.8 Å². The number of aromatic nitrogens is 3. The third-order valence-electron chi connectivity index (χ3n) is 5.46. The second kappa shape index (κ2) is 6.09. The molecule has 2 aliphatic rings. The molecule has 7 nitrogen and oxygen atoms in total. The number of hydrogen-bond acceptors (Lipinski definition) is 4. The molecule has 1 amide bonds. The molecule has 8 heteroatoms. The smallest absolute Gasteiger partial charge is 0.266 e. The highest BCUT2D eigenvalue weighted by Crippen LogP contribution is 2.43. The largest absolute Gasteiger partial charge is 0.338 e. The van der Waals surface area contributed by atoms with Gasteiger partial charge < -0.3 is 14.9 Å². The summed E-state index contributed by atoms with van der Waals surface area (Å²) >= 11 is 5.86. The first-order valence-corrected chi connectivity index (χ1v) is 9.05. The number of carbonyl (C=O) groups is 1. The standard InChI is InChI=1S/C18H19ClN4O3/c1-10-21-14-12(15(24)22-10)3-5-18(14)4-2-6-23(9-18)17(26)11-7-13(19)16(25)20-8-11/h7-8H,2-6,9H2,1H3,(H,20,25)(H,21,22,24). The van der Waals surface area contributed by atoms with Crippen molar-refractivity contribution in [1.29, 1.82) is 0 Å². The molecule has 2 aromatic rings. The van der Waals surface area contributed by atoms with Crippen LogP contribution in [0.4, 0.5) is 0 Å². The summed E-state index contributed by atoms with van der Waals surface area (Å²) in [5, 5.41) is -0.00221. The molecule has 0 radical (unpaired) electrons. The summed E-state index contributed by atoms with van der Waals surface area (Å²) in [7, 11) is 0. The lowest BCUT2D eigenvalue weighted by Gasteiger charge is -2.40. The number of carbonyl (C=O) groups excluding carboxylic acids is 1. The van der Waals surface area contributed by atoms with Crippen molar-refractivity contribution in [2.45, 2.75) is 38.0 Å². The molecular formula is C18H19ClN4O3. The molecule has 1 atom stereocenters. The molecule has 26 heavy (non-hydrogen) atoms. The molecule has 0 saturated carbocycles.